The van der Waals surface area contributed by atoms with Gasteiger partial charge in [0.25, 0.3) is 0 Å². The molecular weight excluding hydrogens is 520 g/mol. The first-order valence-corrected chi connectivity index (χ1v) is 15.1. The Labute approximate surface area is 247 Å². The van der Waals surface area contributed by atoms with Gasteiger partial charge in [-0.3, -0.25) is 19.2 Å². The minimum atomic E-state index is -0.0414. The highest BCUT2D eigenvalue weighted by atomic mass is 16.1. The van der Waals surface area contributed by atoms with E-state index in [1.54, 1.807) is 48.5 Å². The van der Waals surface area contributed by atoms with Gasteiger partial charge in [-0.2, -0.15) is 0 Å². The molecule has 0 aromatic heterocycles. The van der Waals surface area contributed by atoms with E-state index in [4.69, 9.17) is 0 Å². The van der Waals surface area contributed by atoms with Gasteiger partial charge < -0.3 is 0 Å². The molecule has 0 aliphatic heterocycles. The fraction of sp³-hybridized carbons (Fsp3) is 0.263. The molecule has 4 heteroatoms. The van der Waals surface area contributed by atoms with Crippen molar-refractivity contribution in [1.29, 1.82) is 0 Å². The van der Waals surface area contributed by atoms with Crippen molar-refractivity contribution in [3.63, 3.8) is 0 Å². The largest absolute Gasteiger partial charge is 0.289 e. The fourth-order valence-corrected chi connectivity index (χ4v) is 5.76. The average Bonchev–Trinajstić information content (AvgIpc) is 3.03. The molecule has 4 nitrogen and oxygen atoms in total. The second-order valence-corrected chi connectivity index (χ2v) is 11.1. The maximum Gasteiger partial charge on any atom is 0.194 e. The number of benzene rings is 4. The molecule has 0 radical (unpaired) electrons. The summed E-state index contributed by atoms with van der Waals surface area (Å²) >= 11 is 0. The zero-order valence-electron chi connectivity index (χ0n) is 24.4. The number of hydrogen-bond acceptors (Lipinski definition) is 4. The molecule has 212 valence electrons. The summed E-state index contributed by atoms with van der Waals surface area (Å²) in [5.74, 6) is -0.143. The van der Waals surface area contributed by atoms with Crippen LogP contribution < -0.4 is 0 Å². The van der Waals surface area contributed by atoms with E-state index in [2.05, 4.69) is 13.8 Å². The summed E-state index contributed by atoms with van der Waals surface area (Å²) in [6.07, 6.45) is 8.89. The lowest BCUT2D eigenvalue weighted by Gasteiger charge is -2.18. The maximum absolute atomic E-state index is 12.6. The van der Waals surface area contributed by atoms with Gasteiger partial charge in [0.1, 0.15) is 0 Å². The Kier molecular flexibility index (Phi) is 9.02. The Morgan fingerprint density at radius 1 is 0.381 bits per heavy atom. The van der Waals surface area contributed by atoms with Crippen molar-refractivity contribution in [2.24, 2.45) is 0 Å². The van der Waals surface area contributed by atoms with Crippen LogP contribution >= 0.6 is 0 Å². The Hall–Kier alpha value is -4.44. The molecule has 0 saturated carbocycles. The van der Waals surface area contributed by atoms with Crippen molar-refractivity contribution >= 4 is 23.1 Å². The van der Waals surface area contributed by atoms with Crippen LogP contribution in [-0.4, -0.2) is 23.1 Å². The highest BCUT2D eigenvalue weighted by Crippen LogP contribution is 2.29. The third-order valence-electron chi connectivity index (χ3n) is 8.12. The van der Waals surface area contributed by atoms with E-state index < -0.39 is 0 Å². The molecule has 0 atom stereocenters. The van der Waals surface area contributed by atoms with Crippen LogP contribution in [0.25, 0.3) is 0 Å². The maximum atomic E-state index is 12.6. The summed E-state index contributed by atoms with van der Waals surface area (Å²) < 4.78 is 0. The van der Waals surface area contributed by atoms with Gasteiger partial charge in [-0.05, 0) is 48.9 Å². The van der Waals surface area contributed by atoms with Gasteiger partial charge in [-0.15, -0.1) is 0 Å². The van der Waals surface area contributed by atoms with Gasteiger partial charge in [0, 0.05) is 44.5 Å². The molecule has 6 rings (SSSR count). The Balaban J connectivity index is 0.000000168. The molecule has 4 aromatic carbocycles. The second-order valence-electron chi connectivity index (χ2n) is 11.1. The minimum absolute atomic E-state index is 0.0301. The van der Waals surface area contributed by atoms with Gasteiger partial charge in [0.15, 0.2) is 23.1 Å². The van der Waals surface area contributed by atoms with Crippen LogP contribution in [0, 0.1) is 0 Å². The number of rotatable bonds is 8. The quantitative estimate of drug-likeness (QED) is 0.177. The van der Waals surface area contributed by atoms with E-state index in [1.165, 1.54) is 25.7 Å². The standard InChI is InChI=1S/2C19H18O2/c2*1-2-3-4-7-13-10-11-16-17(12-13)19(21)15-9-6-5-8-14(15)18(16)20/h2*5-6,8-12H,2-4,7H2,1H3. The normalized spacial score (nSPS) is 13.0. The van der Waals surface area contributed by atoms with Crippen LogP contribution in [0.15, 0.2) is 84.9 Å². The minimum Gasteiger partial charge on any atom is -0.289 e. The molecule has 0 bridgehead atoms. The summed E-state index contributed by atoms with van der Waals surface area (Å²) in [5, 5.41) is 0. The fourth-order valence-electron chi connectivity index (χ4n) is 5.76. The van der Waals surface area contributed by atoms with E-state index in [0.29, 0.717) is 44.5 Å². The van der Waals surface area contributed by atoms with Crippen LogP contribution in [0.4, 0.5) is 0 Å². The lowest BCUT2D eigenvalue weighted by atomic mass is 9.83. The number of ketones is 4. The van der Waals surface area contributed by atoms with Crippen molar-refractivity contribution in [3.8, 4) is 0 Å². The third kappa shape index (κ3) is 5.80. The van der Waals surface area contributed by atoms with Crippen molar-refractivity contribution < 1.29 is 19.2 Å². The predicted molar refractivity (Wildman–Crippen MR) is 166 cm³/mol. The molecule has 42 heavy (non-hydrogen) atoms. The van der Waals surface area contributed by atoms with Crippen molar-refractivity contribution in [3.05, 3.63) is 141 Å². The summed E-state index contributed by atoms with van der Waals surface area (Å²) in [5.41, 5.74) is 6.59. The first kappa shape index (κ1) is 29.1. The monoisotopic (exact) mass is 556 g/mol. The van der Waals surface area contributed by atoms with Gasteiger partial charge >= 0.3 is 0 Å². The molecule has 0 heterocycles. The van der Waals surface area contributed by atoms with E-state index in [1.807, 2.05) is 36.4 Å². The molecule has 0 amide bonds. The van der Waals surface area contributed by atoms with Crippen LogP contribution in [0.3, 0.4) is 0 Å². The lowest BCUT2D eigenvalue weighted by Crippen LogP contribution is -2.20. The zero-order valence-corrected chi connectivity index (χ0v) is 24.4. The molecule has 0 spiro atoms. The topological polar surface area (TPSA) is 68.3 Å². The number of carbonyl (C=O) groups excluding carboxylic acids is 4. The van der Waals surface area contributed by atoms with E-state index in [0.717, 1.165) is 36.8 Å². The van der Waals surface area contributed by atoms with Crippen molar-refractivity contribution in [2.75, 3.05) is 0 Å². The number of carbonyl (C=O) groups is 4. The predicted octanol–water partition coefficient (Wildman–Crippen LogP) is 8.39. The molecule has 0 N–H and O–H groups in total. The van der Waals surface area contributed by atoms with Crippen LogP contribution in [0.1, 0.15) is 127 Å². The first-order valence-electron chi connectivity index (χ1n) is 15.1. The molecule has 4 aromatic rings. The molecular formula is C38H36O4. The third-order valence-corrected chi connectivity index (χ3v) is 8.12. The lowest BCUT2D eigenvalue weighted by molar-refractivity contribution is 0.0979. The Morgan fingerprint density at radius 3 is 1.02 bits per heavy atom. The highest BCUT2D eigenvalue weighted by molar-refractivity contribution is 6.29. The first-order chi connectivity index (χ1) is 20.4. The molecule has 0 fully saturated rings. The molecule has 0 unspecified atom stereocenters. The van der Waals surface area contributed by atoms with Gasteiger partial charge in [0.05, 0.1) is 0 Å². The van der Waals surface area contributed by atoms with Crippen molar-refractivity contribution in [2.45, 2.75) is 65.2 Å². The van der Waals surface area contributed by atoms with E-state index in [9.17, 15) is 19.2 Å². The van der Waals surface area contributed by atoms with Gasteiger partial charge in [0.2, 0.25) is 0 Å². The van der Waals surface area contributed by atoms with Crippen LogP contribution in [0.5, 0.6) is 0 Å². The van der Waals surface area contributed by atoms with Gasteiger partial charge in [-0.1, -0.05) is 112 Å². The second kappa shape index (κ2) is 13.0. The van der Waals surface area contributed by atoms with Crippen molar-refractivity contribution in [1.82, 2.24) is 0 Å². The van der Waals surface area contributed by atoms with Crippen LogP contribution in [0.2, 0.25) is 0 Å². The van der Waals surface area contributed by atoms with Gasteiger partial charge in [-0.25, -0.2) is 0 Å². The van der Waals surface area contributed by atoms with Crippen LogP contribution in [-0.2, 0) is 12.8 Å². The number of aryl methyl sites for hydroxylation is 2. The summed E-state index contributed by atoms with van der Waals surface area (Å²) in [7, 11) is 0. The Morgan fingerprint density at radius 2 is 0.690 bits per heavy atom. The Bertz CT molecular complexity index is 1550. The number of hydrogen-bond donors (Lipinski definition) is 0. The zero-order chi connectivity index (χ0) is 29.6. The number of unbranched alkanes of at least 4 members (excludes halogenated alkanes) is 4. The smallest absolute Gasteiger partial charge is 0.194 e. The summed E-state index contributed by atoms with van der Waals surface area (Å²) in [6.45, 7) is 4.35. The summed E-state index contributed by atoms with van der Waals surface area (Å²) in [6, 6.07) is 25.5. The van der Waals surface area contributed by atoms with E-state index in [-0.39, 0.29) is 23.1 Å². The number of fused-ring (bicyclic) bond motifs is 4. The molecule has 2 aliphatic carbocycles. The molecule has 0 saturated heterocycles. The summed E-state index contributed by atoms with van der Waals surface area (Å²) in [4.78, 5) is 50.1. The van der Waals surface area contributed by atoms with E-state index >= 15 is 0 Å². The SMILES string of the molecule is CCCCCc1ccc2c(c1)C(=O)c1ccccc1C2=O.CCCCCc1ccc2c(c1)C(=O)c1ccccc1C2=O. The molecule has 2 aliphatic rings. The average molecular weight is 557 g/mol. The highest BCUT2D eigenvalue weighted by Gasteiger charge is 2.30.